The van der Waals surface area contributed by atoms with E-state index in [1.807, 2.05) is 12.1 Å². The Morgan fingerprint density at radius 2 is 2.20 bits per heavy atom. The second-order valence-electron chi connectivity index (χ2n) is 3.81. The van der Waals surface area contributed by atoms with E-state index in [-0.39, 0.29) is 0 Å². The third-order valence-corrected chi connectivity index (χ3v) is 3.04. The fraction of sp³-hybridized carbons (Fsp3) is 0.500. The molecule has 0 heterocycles. The highest BCUT2D eigenvalue weighted by atomic mass is 32.2. The van der Waals surface area contributed by atoms with E-state index in [9.17, 15) is 5.11 Å². The molecule has 3 heteroatoms. The Labute approximate surface area is 96.1 Å². The number of phenols is 1. The minimum absolute atomic E-state index is 0.348. The molecule has 1 aromatic rings. The third kappa shape index (κ3) is 5.70. The molecule has 84 valence electrons. The zero-order chi connectivity index (χ0) is 11.1. The van der Waals surface area contributed by atoms with Gasteiger partial charge >= 0.3 is 0 Å². The number of rotatable bonds is 6. The molecule has 0 saturated heterocycles. The van der Waals surface area contributed by atoms with Crippen LogP contribution >= 0.6 is 11.8 Å². The first kappa shape index (κ1) is 12.4. The van der Waals surface area contributed by atoms with Gasteiger partial charge in [-0.2, -0.15) is 0 Å². The molecule has 15 heavy (non-hydrogen) atoms. The zero-order valence-electron chi connectivity index (χ0n) is 9.36. The molecule has 0 aliphatic carbocycles. The van der Waals surface area contributed by atoms with Gasteiger partial charge in [0.25, 0.3) is 0 Å². The van der Waals surface area contributed by atoms with Gasteiger partial charge in [0.05, 0.1) is 0 Å². The van der Waals surface area contributed by atoms with Crippen LogP contribution in [-0.4, -0.2) is 23.4 Å². The van der Waals surface area contributed by atoms with Crippen molar-refractivity contribution in [1.29, 1.82) is 0 Å². The van der Waals surface area contributed by atoms with Gasteiger partial charge in [0.2, 0.25) is 0 Å². The number of nitrogens with one attached hydrogen (secondary N) is 1. The van der Waals surface area contributed by atoms with Crippen molar-refractivity contribution in [2.75, 3.05) is 12.3 Å². The molecular formula is C12H19NOS. The summed E-state index contributed by atoms with van der Waals surface area (Å²) in [6.45, 7) is 5.37. The molecular weight excluding hydrogens is 206 g/mol. The highest BCUT2D eigenvalue weighted by Gasteiger charge is 1.96. The monoisotopic (exact) mass is 225 g/mol. The van der Waals surface area contributed by atoms with Crippen LogP contribution in [0.2, 0.25) is 0 Å². The van der Waals surface area contributed by atoms with E-state index < -0.39 is 0 Å². The first-order valence-corrected chi connectivity index (χ1v) is 6.32. The lowest BCUT2D eigenvalue weighted by atomic mass is 10.3. The van der Waals surface area contributed by atoms with Crippen molar-refractivity contribution in [1.82, 2.24) is 5.32 Å². The summed E-state index contributed by atoms with van der Waals surface area (Å²) in [7, 11) is 0. The summed E-state index contributed by atoms with van der Waals surface area (Å²) in [5.41, 5.74) is 0. The standard InChI is InChI=1S/C12H19NOS/c1-10(2)13-7-4-8-15-12-6-3-5-11(14)9-12/h3,5-6,9-10,13-14H,4,7-8H2,1-2H3. The molecule has 0 saturated carbocycles. The van der Waals surface area contributed by atoms with Crippen LogP contribution in [0.4, 0.5) is 0 Å². The maximum absolute atomic E-state index is 9.26. The minimum Gasteiger partial charge on any atom is -0.508 e. The lowest BCUT2D eigenvalue weighted by Gasteiger charge is -2.07. The van der Waals surface area contributed by atoms with E-state index in [0.29, 0.717) is 11.8 Å². The lowest BCUT2D eigenvalue weighted by molar-refractivity contribution is 0.474. The van der Waals surface area contributed by atoms with E-state index in [0.717, 1.165) is 23.6 Å². The predicted molar refractivity (Wildman–Crippen MR) is 66.6 cm³/mol. The molecule has 0 aliphatic rings. The first-order chi connectivity index (χ1) is 7.18. The van der Waals surface area contributed by atoms with Crippen LogP contribution in [0.3, 0.4) is 0 Å². The average molecular weight is 225 g/mol. The van der Waals surface area contributed by atoms with Crippen LogP contribution in [-0.2, 0) is 0 Å². The van der Waals surface area contributed by atoms with Crippen molar-refractivity contribution in [3.63, 3.8) is 0 Å². The van der Waals surface area contributed by atoms with E-state index >= 15 is 0 Å². The highest BCUT2D eigenvalue weighted by Crippen LogP contribution is 2.22. The molecule has 0 unspecified atom stereocenters. The molecule has 0 bridgehead atoms. The maximum atomic E-state index is 9.26. The van der Waals surface area contributed by atoms with Gasteiger partial charge in [-0.1, -0.05) is 19.9 Å². The lowest BCUT2D eigenvalue weighted by Crippen LogP contribution is -2.23. The molecule has 0 amide bonds. The largest absolute Gasteiger partial charge is 0.508 e. The summed E-state index contributed by atoms with van der Waals surface area (Å²) < 4.78 is 0. The van der Waals surface area contributed by atoms with Gasteiger partial charge in [-0.05, 0) is 36.9 Å². The summed E-state index contributed by atoms with van der Waals surface area (Å²) in [4.78, 5) is 1.14. The number of aromatic hydroxyl groups is 1. The Bertz CT molecular complexity index is 289. The van der Waals surface area contributed by atoms with E-state index in [1.54, 1.807) is 23.9 Å². The van der Waals surface area contributed by atoms with Crippen molar-refractivity contribution in [2.45, 2.75) is 31.2 Å². The van der Waals surface area contributed by atoms with Gasteiger partial charge in [-0.25, -0.2) is 0 Å². The third-order valence-electron chi connectivity index (χ3n) is 1.96. The van der Waals surface area contributed by atoms with Crippen LogP contribution < -0.4 is 5.32 Å². The molecule has 0 atom stereocenters. The molecule has 0 aromatic heterocycles. The van der Waals surface area contributed by atoms with Crippen molar-refractivity contribution in [3.05, 3.63) is 24.3 Å². The fourth-order valence-electron chi connectivity index (χ4n) is 1.23. The van der Waals surface area contributed by atoms with Crippen molar-refractivity contribution < 1.29 is 5.11 Å². The SMILES string of the molecule is CC(C)NCCCSc1cccc(O)c1. The topological polar surface area (TPSA) is 32.3 Å². The van der Waals surface area contributed by atoms with Gasteiger partial charge in [-0.3, -0.25) is 0 Å². The Balaban J connectivity index is 2.15. The van der Waals surface area contributed by atoms with Crippen molar-refractivity contribution in [2.24, 2.45) is 0 Å². The van der Waals surface area contributed by atoms with Gasteiger partial charge in [0.1, 0.15) is 5.75 Å². The molecule has 2 N–H and O–H groups in total. The Kier molecular flexibility index (Phi) is 5.58. The van der Waals surface area contributed by atoms with Crippen molar-refractivity contribution in [3.8, 4) is 5.75 Å². The normalized spacial score (nSPS) is 10.9. The van der Waals surface area contributed by atoms with E-state index in [1.165, 1.54) is 0 Å². The minimum atomic E-state index is 0.348. The molecule has 0 spiro atoms. The van der Waals surface area contributed by atoms with Crippen LogP contribution in [0.5, 0.6) is 5.75 Å². The van der Waals surface area contributed by atoms with Gasteiger partial charge in [0, 0.05) is 10.9 Å². The average Bonchev–Trinajstić information content (AvgIpc) is 2.17. The summed E-state index contributed by atoms with van der Waals surface area (Å²) in [6, 6.07) is 7.98. The van der Waals surface area contributed by atoms with Crippen molar-refractivity contribution >= 4 is 11.8 Å². The quantitative estimate of drug-likeness (QED) is 0.577. The molecule has 0 fully saturated rings. The molecule has 0 radical (unpaired) electrons. The second kappa shape index (κ2) is 6.75. The van der Waals surface area contributed by atoms with E-state index in [2.05, 4.69) is 19.2 Å². The van der Waals surface area contributed by atoms with Crippen LogP contribution in [0.1, 0.15) is 20.3 Å². The number of hydrogen-bond acceptors (Lipinski definition) is 3. The van der Waals surface area contributed by atoms with Crippen LogP contribution in [0.25, 0.3) is 0 Å². The molecule has 0 aliphatic heterocycles. The first-order valence-electron chi connectivity index (χ1n) is 5.33. The van der Waals surface area contributed by atoms with Gasteiger partial charge in [-0.15, -0.1) is 11.8 Å². The zero-order valence-corrected chi connectivity index (χ0v) is 10.2. The summed E-state index contributed by atoms with van der Waals surface area (Å²) >= 11 is 1.79. The number of benzene rings is 1. The Morgan fingerprint density at radius 3 is 2.87 bits per heavy atom. The maximum Gasteiger partial charge on any atom is 0.116 e. The summed E-state index contributed by atoms with van der Waals surface area (Å²) in [5, 5.41) is 12.6. The van der Waals surface area contributed by atoms with Crippen LogP contribution in [0, 0.1) is 0 Å². The Morgan fingerprint density at radius 1 is 1.40 bits per heavy atom. The fourth-order valence-corrected chi connectivity index (χ4v) is 2.13. The molecule has 2 nitrogen and oxygen atoms in total. The Hall–Kier alpha value is -0.670. The smallest absolute Gasteiger partial charge is 0.116 e. The van der Waals surface area contributed by atoms with Crippen LogP contribution in [0.15, 0.2) is 29.2 Å². The predicted octanol–water partition coefficient (Wildman–Crippen LogP) is 2.87. The number of hydrogen-bond donors (Lipinski definition) is 2. The number of phenolic OH excluding ortho intramolecular Hbond substituents is 1. The van der Waals surface area contributed by atoms with Gasteiger partial charge in [0.15, 0.2) is 0 Å². The summed E-state index contributed by atoms with van der Waals surface area (Å²) in [5.74, 6) is 1.43. The van der Waals surface area contributed by atoms with Gasteiger partial charge < -0.3 is 10.4 Å². The molecule has 1 aromatic carbocycles. The van der Waals surface area contributed by atoms with E-state index in [4.69, 9.17) is 0 Å². The summed E-state index contributed by atoms with van der Waals surface area (Å²) in [6.07, 6.45) is 1.15. The second-order valence-corrected chi connectivity index (χ2v) is 4.98. The number of thioether (sulfide) groups is 1. The molecule has 1 rings (SSSR count). The highest BCUT2D eigenvalue weighted by molar-refractivity contribution is 7.99.